The Morgan fingerprint density at radius 3 is 2.80 bits per heavy atom. The second-order valence-electron chi connectivity index (χ2n) is 3.34. The van der Waals surface area contributed by atoms with Crippen LogP contribution in [0.4, 0.5) is 0 Å². The van der Waals surface area contributed by atoms with Crippen molar-refractivity contribution >= 4 is 17.8 Å². The zero-order valence-electron chi connectivity index (χ0n) is 8.10. The largest absolute Gasteiger partial charge is 0.481 e. The molecule has 0 aromatic carbocycles. The Bertz CT molecular complexity index is 292. The molecule has 4 N–H and O–H groups in total. The van der Waals surface area contributed by atoms with E-state index in [4.69, 9.17) is 10.8 Å². The molecule has 7 heteroatoms. The summed E-state index contributed by atoms with van der Waals surface area (Å²) in [6.07, 6.45) is -0.320. The van der Waals surface area contributed by atoms with E-state index in [9.17, 15) is 14.4 Å². The Morgan fingerprint density at radius 1 is 1.60 bits per heavy atom. The molecule has 1 saturated heterocycles. The van der Waals surface area contributed by atoms with E-state index >= 15 is 0 Å². The lowest BCUT2D eigenvalue weighted by atomic mass is 10.1. The summed E-state index contributed by atoms with van der Waals surface area (Å²) in [5, 5.41) is 11.2. The van der Waals surface area contributed by atoms with E-state index in [0.29, 0.717) is 13.1 Å². The second-order valence-corrected chi connectivity index (χ2v) is 3.34. The number of carboxylic acids is 1. The molecule has 0 aromatic heterocycles. The summed E-state index contributed by atoms with van der Waals surface area (Å²) in [6.45, 7) is 0.750. The second kappa shape index (κ2) is 4.74. The molecular weight excluding hydrogens is 202 g/mol. The van der Waals surface area contributed by atoms with E-state index in [1.807, 2.05) is 0 Å². The number of carbonyl (C=O) groups is 3. The highest BCUT2D eigenvalue weighted by molar-refractivity contribution is 5.87. The number of nitrogens with zero attached hydrogens (tertiary/aromatic N) is 1. The van der Waals surface area contributed by atoms with Gasteiger partial charge in [-0.3, -0.25) is 19.3 Å². The number of rotatable bonds is 4. The van der Waals surface area contributed by atoms with Crippen LogP contribution in [0.3, 0.4) is 0 Å². The van der Waals surface area contributed by atoms with Crippen molar-refractivity contribution in [2.24, 2.45) is 5.73 Å². The molecule has 0 spiro atoms. The number of nitrogens with one attached hydrogen (secondary N) is 1. The predicted molar refractivity (Wildman–Crippen MR) is 49.8 cm³/mol. The Balaban J connectivity index is 2.67. The van der Waals surface area contributed by atoms with Crippen LogP contribution in [0, 0.1) is 0 Å². The highest BCUT2D eigenvalue weighted by atomic mass is 16.4. The van der Waals surface area contributed by atoms with E-state index in [-0.39, 0.29) is 18.9 Å². The molecule has 1 unspecified atom stereocenters. The summed E-state index contributed by atoms with van der Waals surface area (Å²) in [6, 6.07) is -0.802. The van der Waals surface area contributed by atoms with Crippen LogP contribution in [0.1, 0.15) is 6.42 Å². The van der Waals surface area contributed by atoms with Crippen LogP contribution in [-0.4, -0.2) is 53.5 Å². The van der Waals surface area contributed by atoms with Crippen molar-refractivity contribution in [2.45, 2.75) is 12.5 Å². The first kappa shape index (κ1) is 11.4. The zero-order valence-corrected chi connectivity index (χ0v) is 8.10. The highest BCUT2D eigenvalue weighted by Crippen LogP contribution is 2.08. The van der Waals surface area contributed by atoms with Crippen LogP contribution in [0.25, 0.3) is 0 Å². The smallest absolute Gasteiger partial charge is 0.305 e. The van der Waals surface area contributed by atoms with Gasteiger partial charge in [-0.15, -0.1) is 0 Å². The van der Waals surface area contributed by atoms with Crippen LogP contribution in [0.2, 0.25) is 0 Å². The zero-order chi connectivity index (χ0) is 11.4. The summed E-state index contributed by atoms with van der Waals surface area (Å²) < 4.78 is 0. The van der Waals surface area contributed by atoms with Gasteiger partial charge in [0.1, 0.15) is 6.04 Å². The highest BCUT2D eigenvalue weighted by Gasteiger charge is 2.32. The summed E-state index contributed by atoms with van der Waals surface area (Å²) >= 11 is 0. The number of amides is 2. The molecule has 1 aliphatic heterocycles. The molecule has 7 nitrogen and oxygen atoms in total. The maximum Gasteiger partial charge on any atom is 0.305 e. The summed E-state index contributed by atoms with van der Waals surface area (Å²) in [7, 11) is 0. The Labute approximate surface area is 86.2 Å². The first-order chi connectivity index (χ1) is 7.00. The third kappa shape index (κ3) is 3.21. The first-order valence-corrected chi connectivity index (χ1v) is 4.52. The molecule has 0 saturated carbocycles. The molecular formula is C8H13N3O4. The van der Waals surface area contributed by atoms with Crippen LogP contribution in [-0.2, 0) is 14.4 Å². The minimum atomic E-state index is -1.08. The SMILES string of the molecule is NC(=O)CN1CCNC(=O)C1CC(=O)O. The van der Waals surface area contributed by atoms with Gasteiger partial charge in [-0.2, -0.15) is 0 Å². The molecule has 0 radical (unpaired) electrons. The quantitative estimate of drug-likeness (QED) is 0.490. The lowest BCUT2D eigenvalue weighted by Crippen LogP contribution is -2.57. The van der Waals surface area contributed by atoms with Gasteiger partial charge in [0.15, 0.2) is 0 Å². The molecule has 1 fully saturated rings. The van der Waals surface area contributed by atoms with Crippen LogP contribution >= 0.6 is 0 Å². The third-order valence-electron chi connectivity index (χ3n) is 2.17. The monoisotopic (exact) mass is 215 g/mol. The number of carboxylic acid groups (broad SMARTS) is 1. The van der Waals surface area contributed by atoms with E-state index in [0.717, 1.165) is 0 Å². The van der Waals surface area contributed by atoms with Crippen molar-refractivity contribution in [3.05, 3.63) is 0 Å². The molecule has 0 aliphatic carbocycles. The maximum absolute atomic E-state index is 11.4. The first-order valence-electron chi connectivity index (χ1n) is 4.52. The Hall–Kier alpha value is -1.63. The number of hydrogen-bond donors (Lipinski definition) is 3. The minimum Gasteiger partial charge on any atom is -0.481 e. The lowest BCUT2D eigenvalue weighted by molar-refractivity contribution is -0.143. The Kier molecular flexibility index (Phi) is 3.62. The molecule has 1 rings (SSSR count). The molecule has 1 aliphatic rings. The van der Waals surface area contributed by atoms with Gasteiger partial charge >= 0.3 is 5.97 Å². The number of piperazine rings is 1. The standard InChI is InChI=1S/C8H13N3O4/c9-6(12)4-11-2-1-10-8(15)5(11)3-7(13)14/h5H,1-4H2,(H2,9,12)(H,10,15)(H,13,14). The van der Waals surface area contributed by atoms with Gasteiger partial charge in [-0.05, 0) is 0 Å². The molecule has 84 valence electrons. The van der Waals surface area contributed by atoms with E-state index < -0.39 is 17.9 Å². The van der Waals surface area contributed by atoms with E-state index in [1.165, 1.54) is 4.90 Å². The van der Waals surface area contributed by atoms with Crippen molar-refractivity contribution in [3.8, 4) is 0 Å². The Morgan fingerprint density at radius 2 is 2.27 bits per heavy atom. The predicted octanol–water partition coefficient (Wildman–Crippen LogP) is -2.25. The molecule has 0 bridgehead atoms. The van der Waals surface area contributed by atoms with Crippen molar-refractivity contribution in [3.63, 3.8) is 0 Å². The fraction of sp³-hybridized carbons (Fsp3) is 0.625. The van der Waals surface area contributed by atoms with Gasteiger partial charge in [-0.1, -0.05) is 0 Å². The van der Waals surface area contributed by atoms with Gasteiger partial charge in [0.25, 0.3) is 0 Å². The average Bonchev–Trinajstić information content (AvgIpc) is 2.09. The number of aliphatic carboxylic acids is 1. The normalized spacial score (nSPS) is 22.1. The van der Waals surface area contributed by atoms with Crippen molar-refractivity contribution < 1.29 is 19.5 Å². The number of nitrogens with two attached hydrogens (primary N) is 1. The van der Waals surface area contributed by atoms with Gasteiger partial charge < -0.3 is 16.2 Å². The maximum atomic E-state index is 11.4. The van der Waals surface area contributed by atoms with Crippen LogP contribution in [0.15, 0.2) is 0 Å². The summed E-state index contributed by atoms with van der Waals surface area (Å²) in [5.74, 6) is -2.02. The topological polar surface area (TPSA) is 113 Å². The van der Waals surface area contributed by atoms with Crippen molar-refractivity contribution in [1.29, 1.82) is 0 Å². The molecule has 1 atom stereocenters. The van der Waals surface area contributed by atoms with Crippen LogP contribution in [0.5, 0.6) is 0 Å². The van der Waals surface area contributed by atoms with E-state index in [2.05, 4.69) is 5.32 Å². The molecule has 15 heavy (non-hydrogen) atoms. The minimum absolute atomic E-state index is 0.0919. The number of carbonyl (C=O) groups excluding carboxylic acids is 2. The third-order valence-corrected chi connectivity index (χ3v) is 2.17. The van der Waals surface area contributed by atoms with Gasteiger partial charge in [0, 0.05) is 13.1 Å². The lowest BCUT2D eigenvalue weighted by Gasteiger charge is -2.33. The van der Waals surface area contributed by atoms with E-state index in [1.54, 1.807) is 0 Å². The number of primary amides is 1. The fourth-order valence-electron chi connectivity index (χ4n) is 1.54. The van der Waals surface area contributed by atoms with Crippen molar-refractivity contribution in [1.82, 2.24) is 10.2 Å². The van der Waals surface area contributed by atoms with Gasteiger partial charge in [0.2, 0.25) is 11.8 Å². The summed E-state index contributed by atoms with van der Waals surface area (Å²) in [4.78, 5) is 34.1. The number of hydrogen-bond acceptors (Lipinski definition) is 4. The van der Waals surface area contributed by atoms with Gasteiger partial charge in [0.05, 0.1) is 13.0 Å². The van der Waals surface area contributed by atoms with Crippen LogP contribution < -0.4 is 11.1 Å². The molecule has 1 heterocycles. The van der Waals surface area contributed by atoms with Crippen molar-refractivity contribution in [2.75, 3.05) is 19.6 Å². The fourth-order valence-corrected chi connectivity index (χ4v) is 1.54. The average molecular weight is 215 g/mol. The van der Waals surface area contributed by atoms with Gasteiger partial charge in [-0.25, -0.2) is 0 Å². The summed E-state index contributed by atoms with van der Waals surface area (Å²) in [5.41, 5.74) is 5.00. The molecule has 2 amide bonds. The molecule has 0 aromatic rings.